The molecule has 2 N–H and O–H groups in total. The molecule has 0 radical (unpaired) electrons. The van der Waals surface area contributed by atoms with Gasteiger partial charge in [0.15, 0.2) is 9.84 Å². The smallest absolute Gasteiger partial charge is 0.175 e. The molecule has 0 bridgehead atoms. The fraction of sp³-hybridized carbons (Fsp3) is 0.333. The zero-order chi connectivity index (χ0) is 17.0. The molecule has 0 aromatic heterocycles. The van der Waals surface area contributed by atoms with Crippen LogP contribution in [0.3, 0.4) is 0 Å². The number of hydrogen-bond donors (Lipinski definition) is 2. The summed E-state index contributed by atoms with van der Waals surface area (Å²) in [6.07, 6.45) is 0.486. The van der Waals surface area contributed by atoms with Crippen LogP contribution in [0.2, 0.25) is 0 Å². The molecular formula is C18H23NO3S. The largest absolute Gasteiger partial charge is 0.387 e. The monoisotopic (exact) mass is 333 g/mol. The number of benzene rings is 2. The van der Waals surface area contributed by atoms with Crippen LogP contribution >= 0.6 is 0 Å². The summed E-state index contributed by atoms with van der Waals surface area (Å²) < 4.78 is 22.9. The number of hydrogen-bond acceptors (Lipinski definition) is 4. The summed E-state index contributed by atoms with van der Waals surface area (Å²) in [5.41, 5.74) is 3.07. The lowest BCUT2D eigenvalue weighted by Crippen LogP contribution is -2.24. The minimum atomic E-state index is -3.21. The van der Waals surface area contributed by atoms with Crippen molar-refractivity contribution < 1.29 is 13.5 Å². The lowest BCUT2D eigenvalue weighted by molar-refractivity contribution is 0.170. The predicted molar refractivity (Wildman–Crippen MR) is 92.1 cm³/mol. The van der Waals surface area contributed by atoms with Gasteiger partial charge in [0.05, 0.1) is 11.0 Å². The van der Waals surface area contributed by atoms with Crippen LogP contribution in [0, 0.1) is 6.92 Å². The molecular weight excluding hydrogens is 310 g/mol. The van der Waals surface area contributed by atoms with E-state index in [0.717, 1.165) is 5.56 Å². The zero-order valence-electron chi connectivity index (χ0n) is 13.7. The lowest BCUT2D eigenvalue weighted by atomic mass is 10.1. The highest BCUT2D eigenvalue weighted by molar-refractivity contribution is 7.90. The van der Waals surface area contributed by atoms with Gasteiger partial charge in [-0.2, -0.15) is 0 Å². The first kappa shape index (κ1) is 17.7. The van der Waals surface area contributed by atoms with Gasteiger partial charge in [-0.15, -0.1) is 0 Å². The van der Waals surface area contributed by atoms with Crippen molar-refractivity contribution in [1.29, 1.82) is 0 Å². The number of aryl methyl sites for hydroxylation is 1. The maximum Gasteiger partial charge on any atom is 0.175 e. The second-order valence-electron chi connectivity index (χ2n) is 5.90. The Bertz CT molecular complexity index is 737. The van der Waals surface area contributed by atoms with E-state index in [9.17, 15) is 13.5 Å². The second kappa shape index (κ2) is 7.25. The number of nitrogens with one attached hydrogen (secondary N) is 1. The zero-order valence-corrected chi connectivity index (χ0v) is 14.5. The SMILES string of the molecule is Cc1ccc(C(C)NCC(O)c2ccc(S(C)(=O)=O)cc2)cc1. The second-order valence-corrected chi connectivity index (χ2v) is 7.91. The van der Waals surface area contributed by atoms with Crippen LogP contribution in [-0.2, 0) is 9.84 Å². The Balaban J connectivity index is 1.96. The van der Waals surface area contributed by atoms with E-state index >= 15 is 0 Å². The van der Waals surface area contributed by atoms with Crippen molar-refractivity contribution in [3.05, 3.63) is 65.2 Å². The van der Waals surface area contributed by atoms with Crippen molar-refractivity contribution in [2.24, 2.45) is 0 Å². The molecule has 124 valence electrons. The van der Waals surface area contributed by atoms with Gasteiger partial charge in [0, 0.05) is 18.8 Å². The first-order chi connectivity index (χ1) is 10.8. The molecule has 0 aliphatic carbocycles. The summed E-state index contributed by atoms with van der Waals surface area (Å²) in [7, 11) is -3.21. The molecule has 0 heterocycles. The Hall–Kier alpha value is -1.69. The number of rotatable bonds is 6. The summed E-state index contributed by atoms with van der Waals surface area (Å²) in [6, 6.07) is 14.7. The molecule has 4 nitrogen and oxygen atoms in total. The topological polar surface area (TPSA) is 66.4 Å². The third kappa shape index (κ3) is 4.89. The molecule has 0 amide bonds. The van der Waals surface area contributed by atoms with Gasteiger partial charge >= 0.3 is 0 Å². The first-order valence-electron chi connectivity index (χ1n) is 7.55. The summed E-state index contributed by atoms with van der Waals surface area (Å²) in [4.78, 5) is 0.259. The maximum atomic E-state index is 11.4. The Morgan fingerprint density at radius 2 is 1.52 bits per heavy atom. The van der Waals surface area contributed by atoms with Gasteiger partial charge in [-0.25, -0.2) is 8.42 Å². The number of aliphatic hydroxyl groups excluding tert-OH is 1. The summed E-state index contributed by atoms with van der Waals surface area (Å²) in [5, 5.41) is 13.5. The molecule has 0 aliphatic rings. The van der Waals surface area contributed by atoms with Gasteiger partial charge in [-0.05, 0) is 37.1 Å². The van der Waals surface area contributed by atoms with E-state index in [1.807, 2.05) is 13.8 Å². The van der Waals surface area contributed by atoms with E-state index < -0.39 is 15.9 Å². The van der Waals surface area contributed by atoms with Crippen LogP contribution in [0.5, 0.6) is 0 Å². The molecule has 0 saturated heterocycles. The van der Waals surface area contributed by atoms with Crippen molar-refractivity contribution in [2.75, 3.05) is 12.8 Å². The Labute approximate surface area is 138 Å². The fourth-order valence-electron chi connectivity index (χ4n) is 2.32. The molecule has 2 rings (SSSR count). The third-order valence-corrected chi connectivity index (χ3v) is 5.02. The summed E-state index contributed by atoms with van der Waals surface area (Å²) in [5.74, 6) is 0. The molecule has 0 fully saturated rings. The molecule has 0 spiro atoms. The highest BCUT2D eigenvalue weighted by atomic mass is 32.2. The third-order valence-electron chi connectivity index (χ3n) is 3.89. The van der Waals surface area contributed by atoms with Gasteiger partial charge in [0.25, 0.3) is 0 Å². The Morgan fingerprint density at radius 3 is 2.04 bits per heavy atom. The molecule has 2 aromatic carbocycles. The minimum absolute atomic E-state index is 0.126. The van der Waals surface area contributed by atoms with Crippen molar-refractivity contribution in [2.45, 2.75) is 30.9 Å². The van der Waals surface area contributed by atoms with Gasteiger partial charge in [-0.3, -0.25) is 0 Å². The lowest BCUT2D eigenvalue weighted by Gasteiger charge is -2.18. The van der Waals surface area contributed by atoms with Crippen molar-refractivity contribution in [1.82, 2.24) is 5.32 Å². The number of sulfone groups is 1. The van der Waals surface area contributed by atoms with Gasteiger partial charge in [-0.1, -0.05) is 42.0 Å². The molecule has 5 heteroatoms. The first-order valence-corrected chi connectivity index (χ1v) is 9.44. The van der Waals surface area contributed by atoms with Crippen LogP contribution < -0.4 is 5.32 Å². The average Bonchev–Trinajstić information content (AvgIpc) is 2.52. The average molecular weight is 333 g/mol. The van der Waals surface area contributed by atoms with Crippen LogP contribution in [0.1, 0.15) is 35.8 Å². The molecule has 0 saturated carbocycles. The normalized spacial score (nSPS) is 14.4. The summed E-state index contributed by atoms with van der Waals surface area (Å²) >= 11 is 0. The fourth-order valence-corrected chi connectivity index (χ4v) is 2.95. The van der Waals surface area contributed by atoms with E-state index in [2.05, 4.69) is 29.6 Å². The van der Waals surface area contributed by atoms with Crippen LogP contribution in [-0.4, -0.2) is 26.3 Å². The Kier molecular flexibility index (Phi) is 5.57. The van der Waals surface area contributed by atoms with E-state index in [1.54, 1.807) is 12.1 Å². The molecule has 2 unspecified atom stereocenters. The molecule has 2 aromatic rings. The molecule has 0 aliphatic heterocycles. The van der Waals surface area contributed by atoms with Crippen LogP contribution in [0.4, 0.5) is 0 Å². The standard InChI is InChI=1S/C18H23NO3S/c1-13-4-6-15(7-5-13)14(2)19-12-18(20)16-8-10-17(11-9-16)23(3,21)22/h4-11,14,18-20H,12H2,1-3H3. The highest BCUT2D eigenvalue weighted by Gasteiger charge is 2.12. The van der Waals surface area contributed by atoms with Crippen molar-refractivity contribution in [3.8, 4) is 0 Å². The van der Waals surface area contributed by atoms with E-state index in [0.29, 0.717) is 12.1 Å². The van der Waals surface area contributed by atoms with Gasteiger partial charge in [0.2, 0.25) is 0 Å². The molecule has 2 atom stereocenters. The van der Waals surface area contributed by atoms with Crippen LogP contribution in [0.25, 0.3) is 0 Å². The van der Waals surface area contributed by atoms with Gasteiger partial charge < -0.3 is 10.4 Å². The highest BCUT2D eigenvalue weighted by Crippen LogP contribution is 2.18. The van der Waals surface area contributed by atoms with E-state index in [1.165, 1.54) is 24.0 Å². The van der Waals surface area contributed by atoms with Gasteiger partial charge in [0.1, 0.15) is 0 Å². The van der Waals surface area contributed by atoms with E-state index in [-0.39, 0.29) is 10.9 Å². The maximum absolute atomic E-state index is 11.4. The predicted octanol–water partition coefficient (Wildman–Crippen LogP) is 2.78. The van der Waals surface area contributed by atoms with E-state index in [4.69, 9.17) is 0 Å². The van der Waals surface area contributed by atoms with Crippen molar-refractivity contribution in [3.63, 3.8) is 0 Å². The quantitative estimate of drug-likeness (QED) is 0.853. The molecule has 23 heavy (non-hydrogen) atoms. The summed E-state index contributed by atoms with van der Waals surface area (Å²) in [6.45, 7) is 4.49. The van der Waals surface area contributed by atoms with Crippen LogP contribution in [0.15, 0.2) is 53.4 Å². The minimum Gasteiger partial charge on any atom is -0.387 e. The Morgan fingerprint density at radius 1 is 1.00 bits per heavy atom. The number of aliphatic hydroxyl groups is 1. The van der Waals surface area contributed by atoms with Crippen molar-refractivity contribution >= 4 is 9.84 Å².